The van der Waals surface area contributed by atoms with E-state index in [0.717, 1.165) is 48.8 Å². The Hall–Kier alpha value is -2.91. The highest BCUT2D eigenvalue weighted by Gasteiger charge is 2.21. The zero-order chi connectivity index (χ0) is 18.5. The molecular weight excluding hydrogens is 326 g/mol. The molecule has 1 N–H and O–H groups in total. The Balaban J connectivity index is 1.56. The minimum Gasteiger partial charge on any atom is -0.353 e. The lowest BCUT2D eigenvalue weighted by Gasteiger charge is -2.35. The summed E-state index contributed by atoms with van der Waals surface area (Å²) in [5.74, 6) is 0.737. The maximum atomic E-state index is 12.4. The quantitative estimate of drug-likeness (QED) is 0.917. The van der Waals surface area contributed by atoms with Crippen LogP contribution in [0.4, 0.5) is 11.5 Å². The van der Waals surface area contributed by atoms with Crippen LogP contribution in [0.15, 0.2) is 36.5 Å². The number of nitriles is 1. The van der Waals surface area contributed by atoms with Gasteiger partial charge >= 0.3 is 0 Å². The van der Waals surface area contributed by atoms with Gasteiger partial charge in [0.15, 0.2) is 0 Å². The summed E-state index contributed by atoms with van der Waals surface area (Å²) in [7, 11) is 0. The molecule has 6 nitrogen and oxygen atoms in total. The van der Waals surface area contributed by atoms with E-state index in [9.17, 15) is 10.1 Å². The molecule has 2 heterocycles. The molecule has 1 aromatic carbocycles. The van der Waals surface area contributed by atoms with Gasteiger partial charge in [-0.15, -0.1) is 0 Å². The Bertz CT molecular complexity index is 814. The van der Waals surface area contributed by atoms with Crippen molar-refractivity contribution in [2.75, 3.05) is 42.9 Å². The van der Waals surface area contributed by atoms with Crippen LogP contribution >= 0.6 is 0 Å². The van der Waals surface area contributed by atoms with Crippen LogP contribution in [0.2, 0.25) is 0 Å². The number of pyridine rings is 1. The van der Waals surface area contributed by atoms with Crippen molar-refractivity contribution >= 4 is 17.4 Å². The van der Waals surface area contributed by atoms with Crippen molar-refractivity contribution in [2.45, 2.75) is 13.8 Å². The van der Waals surface area contributed by atoms with Crippen molar-refractivity contribution in [1.82, 2.24) is 9.88 Å². The number of piperazine rings is 1. The number of hydrogen-bond acceptors (Lipinski definition) is 5. The molecule has 1 fully saturated rings. The number of nitrogens with one attached hydrogen (secondary N) is 1. The van der Waals surface area contributed by atoms with Gasteiger partial charge in [0, 0.05) is 38.1 Å². The molecule has 0 unspecified atom stereocenters. The van der Waals surface area contributed by atoms with Crippen molar-refractivity contribution in [2.24, 2.45) is 0 Å². The first-order valence-corrected chi connectivity index (χ1v) is 8.77. The zero-order valence-corrected chi connectivity index (χ0v) is 15.2. The van der Waals surface area contributed by atoms with Gasteiger partial charge in [0.25, 0.3) is 0 Å². The van der Waals surface area contributed by atoms with Crippen LogP contribution in [0, 0.1) is 25.2 Å². The van der Waals surface area contributed by atoms with E-state index in [4.69, 9.17) is 0 Å². The standard InChI is InChI=1S/C20H23N5O/c1-15-5-3-6-16(2)19(15)23-18(26)14-24-9-11-25(12-10-24)20-17(13-21)7-4-8-22-20/h3-8H,9-12,14H2,1-2H3,(H,23,26). The van der Waals surface area contributed by atoms with Crippen LogP contribution in [-0.2, 0) is 4.79 Å². The smallest absolute Gasteiger partial charge is 0.238 e. The molecule has 1 aliphatic heterocycles. The molecule has 0 atom stereocenters. The zero-order valence-electron chi connectivity index (χ0n) is 15.2. The van der Waals surface area contributed by atoms with Crippen LogP contribution in [0.1, 0.15) is 16.7 Å². The molecule has 1 amide bonds. The summed E-state index contributed by atoms with van der Waals surface area (Å²) in [4.78, 5) is 21.0. The van der Waals surface area contributed by atoms with Gasteiger partial charge in [0.2, 0.25) is 5.91 Å². The first kappa shape index (κ1) is 17.9. The van der Waals surface area contributed by atoms with Crippen LogP contribution in [0.25, 0.3) is 0 Å². The SMILES string of the molecule is Cc1cccc(C)c1NC(=O)CN1CCN(c2ncccc2C#N)CC1. The van der Waals surface area contributed by atoms with E-state index >= 15 is 0 Å². The summed E-state index contributed by atoms with van der Waals surface area (Å²) >= 11 is 0. The summed E-state index contributed by atoms with van der Waals surface area (Å²) in [6.07, 6.45) is 1.71. The molecule has 134 valence electrons. The third-order valence-corrected chi connectivity index (χ3v) is 4.69. The topological polar surface area (TPSA) is 72.3 Å². The number of hydrogen-bond donors (Lipinski definition) is 1. The monoisotopic (exact) mass is 349 g/mol. The number of carbonyl (C=O) groups is 1. The number of nitrogens with zero attached hydrogens (tertiary/aromatic N) is 4. The fourth-order valence-corrected chi connectivity index (χ4v) is 3.25. The molecule has 26 heavy (non-hydrogen) atoms. The van der Waals surface area contributed by atoms with Crippen LogP contribution < -0.4 is 10.2 Å². The second-order valence-corrected chi connectivity index (χ2v) is 6.56. The fraction of sp³-hybridized carbons (Fsp3) is 0.350. The summed E-state index contributed by atoms with van der Waals surface area (Å²) < 4.78 is 0. The van der Waals surface area contributed by atoms with Crippen LogP contribution in [0.5, 0.6) is 0 Å². The van der Waals surface area contributed by atoms with Gasteiger partial charge in [0.1, 0.15) is 11.9 Å². The highest BCUT2D eigenvalue weighted by atomic mass is 16.2. The minimum atomic E-state index is 0.00593. The minimum absolute atomic E-state index is 0.00593. The van der Waals surface area contributed by atoms with E-state index in [2.05, 4.69) is 26.2 Å². The molecule has 0 saturated carbocycles. The van der Waals surface area contributed by atoms with Crippen molar-refractivity contribution in [1.29, 1.82) is 5.26 Å². The molecule has 0 bridgehead atoms. The lowest BCUT2D eigenvalue weighted by Crippen LogP contribution is -2.49. The Morgan fingerprint density at radius 2 is 1.85 bits per heavy atom. The lowest BCUT2D eigenvalue weighted by molar-refractivity contribution is -0.117. The number of rotatable bonds is 4. The summed E-state index contributed by atoms with van der Waals surface area (Å²) in [6.45, 7) is 7.41. The van der Waals surface area contributed by atoms with Crippen LogP contribution in [0.3, 0.4) is 0 Å². The van der Waals surface area contributed by atoms with E-state index in [1.54, 1.807) is 18.3 Å². The molecule has 1 saturated heterocycles. The van der Waals surface area contributed by atoms with Gasteiger partial charge in [0.05, 0.1) is 12.1 Å². The Morgan fingerprint density at radius 1 is 1.15 bits per heavy atom. The third-order valence-electron chi connectivity index (χ3n) is 4.69. The molecule has 0 spiro atoms. The maximum Gasteiger partial charge on any atom is 0.238 e. The maximum absolute atomic E-state index is 12.4. The number of anilines is 2. The second-order valence-electron chi connectivity index (χ2n) is 6.56. The van der Waals surface area contributed by atoms with E-state index in [1.165, 1.54) is 0 Å². The highest BCUT2D eigenvalue weighted by Crippen LogP contribution is 2.20. The third kappa shape index (κ3) is 4.01. The van der Waals surface area contributed by atoms with Gasteiger partial charge < -0.3 is 10.2 Å². The summed E-state index contributed by atoms with van der Waals surface area (Å²) in [5, 5.41) is 12.3. The van der Waals surface area contributed by atoms with Gasteiger partial charge in [-0.05, 0) is 37.1 Å². The predicted octanol–water partition coefficient (Wildman–Crippen LogP) is 2.33. The first-order chi connectivity index (χ1) is 12.6. The number of aromatic nitrogens is 1. The summed E-state index contributed by atoms with van der Waals surface area (Å²) in [5.41, 5.74) is 3.64. The molecule has 1 aliphatic rings. The molecule has 2 aromatic rings. The molecule has 6 heteroatoms. The average molecular weight is 349 g/mol. The predicted molar refractivity (Wildman–Crippen MR) is 102 cm³/mol. The largest absolute Gasteiger partial charge is 0.353 e. The highest BCUT2D eigenvalue weighted by molar-refractivity contribution is 5.93. The van der Waals surface area contributed by atoms with Crippen molar-refractivity contribution in [3.63, 3.8) is 0 Å². The lowest BCUT2D eigenvalue weighted by atomic mass is 10.1. The number of carbonyl (C=O) groups excluding carboxylic acids is 1. The second kappa shape index (κ2) is 7.98. The van der Waals surface area contributed by atoms with E-state index < -0.39 is 0 Å². The molecule has 0 radical (unpaired) electrons. The van der Waals surface area contributed by atoms with Gasteiger partial charge in [-0.25, -0.2) is 4.98 Å². The van der Waals surface area contributed by atoms with E-state index in [0.29, 0.717) is 12.1 Å². The molecule has 1 aromatic heterocycles. The van der Waals surface area contributed by atoms with Crippen LogP contribution in [-0.4, -0.2) is 48.5 Å². The van der Waals surface area contributed by atoms with Crippen molar-refractivity contribution < 1.29 is 4.79 Å². The van der Waals surface area contributed by atoms with Crippen molar-refractivity contribution in [3.05, 3.63) is 53.2 Å². The van der Waals surface area contributed by atoms with Crippen molar-refractivity contribution in [3.8, 4) is 6.07 Å². The molecule has 0 aliphatic carbocycles. The number of para-hydroxylation sites is 1. The summed E-state index contributed by atoms with van der Waals surface area (Å²) in [6, 6.07) is 11.7. The Morgan fingerprint density at radius 3 is 2.50 bits per heavy atom. The number of benzene rings is 1. The molecule has 3 rings (SSSR count). The fourth-order valence-electron chi connectivity index (χ4n) is 3.25. The average Bonchev–Trinajstić information content (AvgIpc) is 2.65. The molecular formula is C20H23N5O. The van der Waals surface area contributed by atoms with Gasteiger partial charge in [-0.3, -0.25) is 9.69 Å². The van der Waals surface area contributed by atoms with Gasteiger partial charge in [-0.1, -0.05) is 18.2 Å². The number of aryl methyl sites for hydroxylation is 2. The normalized spacial score (nSPS) is 14.7. The first-order valence-electron chi connectivity index (χ1n) is 8.77. The van der Waals surface area contributed by atoms with E-state index in [1.807, 2.05) is 32.0 Å². The number of amides is 1. The Labute approximate surface area is 154 Å². The van der Waals surface area contributed by atoms with E-state index in [-0.39, 0.29) is 5.91 Å². The Kier molecular flexibility index (Phi) is 5.49. The van der Waals surface area contributed by atoms with Gasteiger partial charge in [-0.2, -0.15) is 5.26 Å².